The van der Waals surface area contributed by atoms with E-state index in [4.69, 9.17) is 0 Å². The summed E-state index contributed by atoms with van der Waals surface area (Å²) in [6, 6.07) is 12.9. The number of nitrogens with zero attached hydrogens (tertiary/aromatic N) is 2. The highest BCUT2D eigenvalue weighted by Crippen LogP contribution is 2.20. The SMILES string of the molecule is Cc1cc(C)cc(N2CCN(C(=O)NCc3ccccc3F)CC2)c1. The maximum atomic E-state index is 13.6. The van der Waals surface area contributed by atoms with Gasteiger partial charge >= 0.3 is 6.03 Å². The van der Waals surface area contributed by atoms with Crippen LogP contribution in [0.2, 0.25) is 0 Å². The largest absolute Gasteiger partial charge is 0.368 e. The van der Waals surface area contributed by atoms with Gasteiger partial charge in [-0.1, -0.05) is 24.3 Å². The minimum atomic E-state index is -0.289. The highest BCUT2D eigenvalue weighted by molar-refractivity contribution is 5.74. The third-order valence-corrected chi connectivity index (χ3v) is 4.53. The number of rotatable bonds is 3. The third kappa shape index (κ3) is 4.29. The summed E-state index contributed by atoms with van der Waals surface area (Å²) in [5.41, 5.74) is 4.22. The Morgan fingerprint density at radius 1 is 1.04 bits per heavy atom. The van der Waals surface area contributed by atoms with Crippen molar-refractivity contribution in [1.29, 1.82) is 0 Å². The van der Waals surface area contributed by atoms with E-state index in [1.54, 1.807) is 23.1 Å². The summed E-state index contributed by atoms with van der Waals surface area (Å²) in [6.45, 7) is 7.34. The van der Waals surface area contributed by atoms with Gasteiger partial charge in [-0.05, 0) is 43.2 Å². The quantitative estimate of drug-likeness (QED) is 0.928. The number of halogens is 1. The van der Waals surface area contributed by atoms with Gasteiger partial charge in [-0.25, -0.2) is 9.18 Å². The van der Waals surface area contributed by atoms with E-state index in [-0.39, 0.29) is 18.4 Å². The number of anilines is 1. The Morgan fingerprint density at radius 2 is 1.68 bits per heavy atom. The molecule has 0 radical (unpaired) electrons. The number of benzene rings is 2. The van der Waals surface area contributed by atoms with Crippen LogP contribution < -0.4 is 10.2 Å². The summed E-state index contributed by atoms with van der Waals surface area (Å²) < 4.78 is 13.6. The molecule has 0 bridgehead atoms. The van der Waals surface area contributed by atoms with Crippen LogP contribution in [0.15, 0.2) is 42.5 Å². The Morgan fingerprint density at radius 3 is 2.32 bits per heavy atom. The van der Waals surface area contributed by atoms with Gasteiger partial charge in [-0.2, -0.15) is 0 Å². The number of piperazine rings is 1. The molecule has 1 aliphatic heterocycles. The van der Waals surface area contributed by atoms with Gasteiger partial charge in [0.25, 0.3) is 0 Å². The molecule has 5 heteroatoms. The zero-order valence-electron chi connectivity index (χ0n) is 14.8. The van der Waals surface area contributed by atoms with E-state index in [2.05, 4.69) is 42.3 Å². The average Bonchev–Trinajstić information content (AvgIpc) is 2.60. The number of carbonyl (C=O) groups excluding carboxylic acids is 1. The number of carbonyl (C=O) groups is 1. The molecular weight excluding hydrogens is 317 g/mol. The monoisotopic (exact) mass is 341 g/mol. The molecular formula is C20H24FN3O. The number of urea groups is 1. The predicted octanol–water partition coefficient (Wildman–Crippen LogP) is 3.47. The van der Waals surface area contributed by atoms with Crippen molar-refractivity contribution in [2.45, 2.75) is 20.4 Å². The van der Waals surface area contributed by atoms with Crippen molar-refractivity contribution < 1.29 is 9.18 Å². The topological polar surface area (TPSA) is 35.6 Å². The van der Waals surface area contributed by atoms with Gasteiger partial charge in [0.1, 0.15) is 5.82 Å². The minimum Gasteiger partial charge on any atom is -0.368 e. The first-order valence-corrected chi connectivity index (χ1v) is 8.62. The van der Waals surface area contributed by atoms with Crippen LogP contribution in [-0.4, -0.2) is 37.1 Å². The second-order valence-corrected chi connectivity index (χ2v) is 6.57. The molecule has 0 atom stereocenters. The van der Waals surface area contributed by atoms with Gasteiger partial charge in [-0.3, -0.25) is 0 Å². The molecule has 3 rings (SSSR count). The summed E-state index contributed by atoms with van der Waals surface area (Å²) in [7, 11) is 0. The maximum absolute atomic E-state index is 13.6. The van der Waals surface area contributed by atoms with E-state index >= 15 is 0 Å². The first-order chi connectivity index (χ1) is 12.0. The van der Waals surface area contributed by atoms with E-state index < -0.39 is 0 Å². The molecule has 1 heterocycles. The third-order valence-electron chi connectivity index (χ3n) is 4.53. The van der Waals surface area contributed by atoms with E-state index in [1.165, 1.54) is 22.9 Å². The van der Waals surface area contributed by atoms with E-state index in [0.29, 0.717) is 18.7 Å². The minimum absolute atomic E-state index is 0.136. The van der Waals surface area contributed by atoms with Gasteiger partial charge in [-0.15, -0.1) is 0 Å². The number of hydrogen-bond acceptors (Lipinski definition) is 2. The molecule has 1 saturated heterocycles. The zero-order valence-corrected chi connectivity index (χ0v) is 14.8. The van der Waals surface area contributed by atoms with Gasteiger partial charge in [0.05, 0.1) is 0 Å². The second kappa shape index (κ2) is 7.55. The van der Waals surface area contributed by atoms with Crippen molar-refractivity contribution in [3.63, 3.8) is 0 Å². The molecule has 25 heavy (non-hydrogen) atoms. The molecule has 0 aromatic heterocycles. The number of hydrogen-bond donors (Lipinski definition) is 1. The molecule has 0 unspecified atom stereocenters. The lowest BCUT2D eigenvalue weighted by Crippen LogP contribution is -2.51. The highest BCUT2D eigenvalue weighted by Gasteiger charge is 2.21. The number of nitrogens with one attached hydrogen (secondary N) is 1. The molecule has 2 aromatic carbocycles. The number of amides is 2. The van der Waals surface area contributed by atoms with E-state index in [0.717, 1.165) is 13.1 Å². The first-order valence-electron chi connectivity index (χ1n) is 8.62. The van der Waals surface area contributed by atoms with Crippen molar-refractivity contribution in [3.8, 4) is 0 Å². The lowest BCUT2D eigenvalue weighted by atomic mass is 10.1. The standard InChI is InChI=1S/C20H24FN3O/c1-15-11-16(2)13-18(12-15)23-7-9-24(10-8-23)20(25)22-14-17-5-3-4-6-19(17)21/h3-6,11-13H,7-10,14H2,1-2H3,(H,22,25). The summed E-state index contributed by atoms with van der Waals surface area (Å²) in [6.07, 6.45) is 0. The van der Waals surface area contributed by atoms with Crippen LogP contribution in [0.1, 0.15) is 16.7 Å². The Bertz CT molecular complexity index is 734. The molecule has 0 aliphatic carbocycles. The first kappa shape index (κ1) is 17.3. The zero-order chi connectivity index (χ0) is 17.8. The van der Waals surface area contributed by atoms with Gasteiger partial charge in [0.2, 0.25) is 0 Å². The molecule has 0 spiro atoms. The molecule has 2 amide bonds. The van der Waals surface area contributed by atoms with Crippen molar-refractivity contribution in [2.24, 2.45) is 0 Å². The smallest absolute Gasteiger partial charge is 0.317 e. The molecule has 1 aliphatic rings. The summed E-state index contributed by atoms with van der Waals surface area (Å²) >= 11 is 0. The van der Waals surface area contributed by atoms with Crippen LogP contribution in [0.25, 0.3) is 0 Å². The molecule has 1 N–H and O–H groups in total. The van der Waals surface area contributed by atoms with Crippen molar-refractivity contribution in [2.75, 3.05) is 31.1 Å². The van der Waals surface area contributed by atoms with Gasteiger partial charge in [0, 0.05) is 44.0 Å². The van der Waals surface area contributed by atoms with Gasteiger partial charge < -0.3 is 15.1 Å². The highest BCUT2D eigenvalue weighted by atomic mass is 19.1. The fourth-order valence-electron chi connectivity index (χ4n) is 3.23. The molecule has 132 valence electrons. The fraction of sp³-hybridized carbons (Fsp3) is 0.350. The van der Waals surface area contributed by atoms with Crippen LogP contribution in [0.4, 0.5) is 14.9 Å². The summed E-state index contributed by atoms with van der Waals surface area (Å²) in [5, 5.41) is 2.81. The molecule has 2 aromatic rings. The predicted molar refractivity (Wildman–Crippen MR) is 98.3 cm³/mol. The Labute approximate surface area is 148 Å². The maximum Gasteiger partial charge on any atom is 0.317 e. The molecule has 1 fully saturated rings. The second-order valence-electron chi connectivity index (χ2n) is 6.57. The van der Waals surface area contributed by atoms with Crippen LogP contribution in [0.5, 0.6) is 0 Å². The van der Waals surface area contributed by atoms with Gasteiger partial charge in [0.15, 0.2) is 0 Å². The molecule has 4 nitrogen and oxygen atoms in total. The van der Waals surface area contributed by atoms with Crippen LogP contribution >= 0.6 is 0 Å². The number of aryl methyl sites for hydroxylation is 2. The normalized spacial score (nSPS) is 14.5. The lowest BCUT2D eigenvalue weighted by Gasteiger charge is -2.36. The van der Waals surface area contributed by atoms with E-state index in [9.17, 15) is 9.18 Å². The Balaban J connectivity index is 1.53. The van der Waals surface area contributed by atoms with Crippen molar-refractivity contribution >= 4 is 11.7 Å². The van der Waals surface area contributed by atoms with Crippen molar-refractivity contribution in [1.82, 2.24) is 10.2 Å². The lowest BCUT2D eigenvalue weighted by molar-refractivity contribution is 0.194. The Kier molecular flexibility index (Phi) is 5.22. The van der Waals surface area contributed by atoms with Crippen LogP contribution in [-0.2, 0) is 6.54 Å². The fourth-order valence-corrected chi connectivity index (χ4v) is 3.23. The summed E-state index contributed by atoms with van der Waals surface area (Å²) in [4.78, 5) is 16.4. The molecule has 0 saturated carbocycles. The van der Waals surface area contributed by atoms with Crippen molar-refractivity contribution in [3.05, 3.63) is 65.0 Å². The van der Waals surface area contributed by atoms with Crippen LogP contribution in [0.3, 0.4) is 0 Å². The average molecular weight is 341 g/mol. The van der Waals surface area contributed by atoms with Crippen LogP contribution in [0, 0.1) is 19.7 Å². The Hall–Kier alpha value is -2.56. The summed E-state index contributed by atoms with van der Waals surface area (Å²) in [5.74, 6) is -0.289. The van der Waals surface area contributed by atoms with E-state index in [1.807, 2.05) is 0 Å².